The van der Waals surface area contributed by atoms with Gasteiger partial charge in [-0.15, -0.1) is 0 Å². The highest BCUT2D eigenvalue weighted by molar-refractivity contribution is 5.51. The van der Waals surface area contributed by atoms with E-state index in [4.69, 9.17) is 5.11 Å². The third-order valence-corrected chi connectivity index (χ3v) is 2.96. The molecule has 0 bridgehead atoms. The number of para-hydroxylation sites is 1. The first kappa shape index (κ1) is 15.3. The van der Waals surface area contributed by atoms with E-state index in [-0.39, 0.29) is 18.7 Å². The maximum Gasteiger partial charge on any atom is 0.416 e. The molecule has 2 aromatic carbocycles. The minimum absolute atomic E-state index is 0.0256. The number of anilines is 1. The van der Waals surface area contributed by atoms with Gasteiger partial charge in [0, 0.05) is 17.8 Å². The maximum atomic E-state index is 13.3. The van der Waals surface area contributed by atoms with Gasteiger partial charge in [-0.05, 0) is 29.8 Å². The zero-order valence-corrected chi connectivity index (χ0v) is 10.9. The second-order valence-electron chi connectivity index (χ2n) is 4.51. The van der Waals surface area contributed by atoms with Crippen molar-refractivity contribution in [3.8, 4) is 0 Å². The van der Waals surface area contributed by atoms with Crippen LogP contribution < -0.4 is 5.32 Å². The quantitative estimate of drug-likeness (QED) is 0.838. The Hall–Kier alpha value is -2.08. The Morgan fingerprint density at radius 3 is 2.43 bits per heavy atom. The summed E-state index contributed by atoms with van der Waals surface area (Å²) < 4.78 is 51.1. The number of halogens is 4. The molecular formula is C15H13F4NO. The Labute approximate surface area is 119 Å². The standard InChI is InChI=1S/C15H13F4NO/c16-13-6-10(5-12(7-13)15(17,18)19)8-20-14-4-2-1-3-11(14)9-21/h1-7,20-21H,8-9H2. The number of alkyl halides is 3. The molecule has 0 amide bonds. The highest BCUT2D eigenvalue weighted by atomic mass is 19.4. The van der Waals surface area contributed by atoms with E-state index in [1.54, 1.807) is 24.3 Å². The van der Waals surface area contributed by atoms with Crippen molar-refractivity contribution in [1.82, 2.24) is 0 Å². The zero-order chi connectivity index (χ0) is 15.5. The lowest BCUT2D eigenvalue weighted by atomic mass is 10.1. The Morgan fingerprint density at radius 2 is 1.76 bits per heavy atom. The smallest absolute Gasteiger partial charge is 0.392 e. The topological polar surface area (TPSA) is 32.3 Å². The van der Waals surface area contributed by atoms with Gasteiger partial charge in [0.15, 0.2) is 0 Å². The Kier molecular flexibility index (Phi) is 4.47. The monoisotopic (exact) mass is 299 g/mol. The summed E-state index contributed by atoms with van der Waals surface area (Å²) in [5, 5.41) is 12.1. The summed E-state index contributed by atoms with van der Waals surface area (Å²) in [6.07, 6.45) is -4.58. The number of hydrogen-bond donors (Lipinski definition) is 2. The van der Waals surface area contributed by atoms with Crippen molar-refractivity contribution in [3.63, 3.8) is 0 Å². The molecule has 0 aliphatic rings. The van der Waals surface area contributed by atoms with E-state index in [0.717, 1.165) is 12.1 Å². The van der Waals surface area contributed by atoms with E-state index in [0.29, 0.717) is 17.3 Å². The van der Waals surface area contributed by atoms with Crippen molar-refractivity contribution < 1.29 is 22.7 Å². The number of aliphatic hydroxyl groups excluding tert-OH is 1. The van der Waals surface area contributed by atoms with Crippen molar-refractivity contribution in [1.29, 1.82) is 0 Å². The van der Waals surface area contributed by atoms with E-state index in [2.05, 4.69) is 5.32 Å². The predicted octanol–water partition coefficient (Wildman–Crippen LogP) is 3.95. The fraction of sp³-hybridized carbons (Fsp3) is 0.200. The molecule has 0 atom stereocenters. The molecule has 0 aliphatic heterocycles. The van der Waals surface area contributed by atoms with Crippen molar-refractivity contribution >= 4 is 5.69 Å². The molecule has 6 heteroatoms. The van der Waals surface area contributed by atoms with Gasteiger partial charge >= 0.3 is 6.18 Å². The Balaban J connectivity index is 2.19. The van der Waals surface area contributed by atoms with Crippen molar-refractivity contribution in [2.45, 2.75) is 19.3 Å². The zero-order valence-electron chi connectivity index (χ0n) is 10.9. The fourth-order valence-corrected chi connectivity index (χ4v) is 1.94. The molecule has 21 heavy (non-hydrogen) atoms. The number of hydrogen-bond acceptors (Lipinski definition) is 2. The molecular weight excluding hydrogens is 286 g/mol. The van der Waals surface area contributed by atoms with Crippen LogP contribution >= 0.6 is 0 Å². The number of aliphatic hydroxyl groups is 1. The fourth-order valence-electron chi connectivity index (χ4n) is 1.94. The Morgan fingerprint density at radius 1 is 1.05 bits per heavy atom. The second-order valence-corrected chi connectivity index (χ2v) is 4.51. The summed E-state index contributed by atoms with van der Waals surface area (Å²) in [4.78, 5) is 0. The number of nitrogens with one attached hydrogen (secondary N) is 1. The van der Waals surface area contributed by atoms with Gasteiger partial charge < -0.3 is 10.4 Å². The summed E-state index contributed by atoms with van der Waals surface area (Å²) in [7, 11) is 0. The molecule has 2 aromatic rings. The first-order valence-corrected chi connectivity index (χ1v) is 6.19. The molecule has 0 fully saturated rings. The van der Waals surface area contributed by atoms with Crippen molar-refractivity contribution in [2.24, 2.45) is 0 Å². The van der Waals surface area contributed by atoms with E-state index in [1.807, 2.05) is 0 Å². The molecule has 2 N–H and O–H groups in total. The summed E-state index contributed by atoms with van der Waals surface area (Å²) >= 11 is 0. The van der Waals surface area contributed by atoms with Crippen LogP contribution in [0.2, 0.25) is 0 Å². The van der Waals surface area contributed by atoms with E-state index >= 15 is 0 Å². The average Bonchev–Trinajstić information content (AvgIpc) is 2.44. The molecule has 0 radical (unpaired) electrons. The van der Waals surface area contributed by atoms with Gasteiger partial charge in [0.05, 0.1) is 12.2 Å². The lowest BCUT2D eigenvalue weighted by Gasteiger charge is -2.12. The number of rotatable bonds is 4. The molecule has 2 rings (SSSR count). The van der Waals surface area contributed by atoms with Gasteiger partial charge in [0.2, 0.25) is 0 Å². The minimum atomic E-state index is -4.58. The molecule has 0 saturated carbocycles. The molecule has 0 aromatic heterocycles. The molecule has 0 spiro atoms. The van der Waals surface area contributed by atoms with Crippen LogP contribution in [0.3, 0.4) is 0 Å². The summed E-state index contributed by atoms with van der Waals surface area (Å²) in [5.74, 6) is -0.933. The van der Waals surface area contributed by atoms with Crippen LogP contribution in [0.15, 0.2) is 42.5 Å². The van der Waals surface area contributed by atoms with Gasteiger partial charge in [-0.3, -0.25) is 0 Å². The van der Waals surface area contributed by atoms with Gasteiger partial charge in [0.25, 0.3) is 0 Å². The van der Waals surface area contributed by atoms with Crippen LogP contribution in [-0.2, 0) is 19.3 Å². The van der Waals surface area contributed by atoms with Crippen LogP contribution in [-0.4, -0.2) is 5.11 Å². The van der Waals surface area contributed by atoms with Crippen LogP contribution in [0.5, 0.6) is 0 Å². The highest BCUT2D eigenvalue weighted by Crippen LogP contribution is 2.30. The van der Waals surface area contributed by atoms with Gasteiger partial charge in [-0.25, -0.2) is 4.39 Å². The van der Waals surface area contributed by atoms with Gasteiger partial charge in [-0.2, -0.15) is 13.2 Å². The first-order chi connectivity index (χ1) is 9.90. The largest absolute Gasteiger partial charge is 0.416 e. The van der Waals surface area contributed by atoms with E-state index in [9.17, 15) is 17.6 Å². The van der Waals surface area contributed by atoms with Crippen LogP contribution in [0.4, 0.5) is 23.2 Å². The lowest BCUT2D eigenvalue weighted by molar-refractivity contribution is -0.137. The van der Waals surface area contributed by atoms with Crippen LogP contribution in [0, 0.1) is 5.82 Å². The van der Waals surface area contributed by atoms with Gasteiger partial charge in [0.1, 0.15) is 5.82 Å². The third kappa shape index (κ3) is 3.95. The van der Waals surface area contributed by atoms with Crippen molar-refractivity contribution in [2.75, 3.05) is 5.32 Å². The molecule has 0 aliphatic carbocycles. The molecule has 112 valence electrons. The normalized spacial score (nSPS) is 11.5. The highest BCUT2D eigenvalue weighted by Gasteiger charge is 2.31. The van der Waals surface area contributed by atoms with Crippen LogP contribution in [0.25, 0.3) is 0 Å². The van der Waals surface area contributed by atoms with E-state index in [1.165, 1.54) is 0 Å². The Bertz CT molecular complexity index is 625. The summed E-state index contributed by atoms with van der Waals surface area (Å²) in [5.41, 5.74) is 0.368. The summed E-state index contributed by atoms with van der Waals surface area (Å²) in [6, 6.07) is 9.26. The van der Waals surface area contributed by atoms with Crippen molar-refractivity contribution in [3.05, 3.63) is 65.0 Å². The lowest BCUT2D eigenvalue weighted by Crippen LogP contribution is -2.08. The molecule has 0 heterocycles. The first-order valence-electron chi connectivity index (χ1n) is 6.19. The maximum absolute atomic E-state index is 13.3. The SMILES string of the molecule is OCc1ccccc1NCc1cc(F)cc(C(F)(F)F)c1. The second kappa shape index (κ2) is 6.13. The van der Waals surface area contributed by atoms with Gasteiger partial charge in [-0.1, -0.05) is 18.2 Å². The number of benzene rings is 2. The minimum Gasteiger partial charge on any atom is -0.392 e. The average molecular weight is 299 g/mol. The third-order valence-electron chi connectivity index (χ3n) is 2.96. The molecule has 0 saturated heterocycles. The van der Waals surface area contributed by atoms with Crippen LogP contribution in [0.1, 0.15) is 16.7 Å². The molecule has 2 nitrogen and oxygen atoms in total. The molecule has 0 unspecified atom stereocenters. The van der Waals surface area contributed by atoms with E-state index < -0.39 is 17.6 Å². The predicted molar refractivity (Wildman–Crippen MR) is 71.1 cm³/mol. The summed E-state index contributed by atoms with van der Waals surface area (Å²) in [6.45, 7) is -0.169.